The van der Waals surface area contributed by atoms with Crippen LogP contribution in [0.4, 0.5) is 5.82 Å². The largest absolute Gasteiger partial charge is 0.489 e. The number of nitrogens with zero attached hydrogens (tertiary/aromatic N) is 5. The number of phosphoric acid groups is 2. The lowest BCUT2D eigenvalue weighted by Crippen LogP contribution is -2.27. The van der Waals surface area contributed by atoms with Crippen LogP contribution in [0.25, 0.3) is 0 Å². The normalized spacial score (nSPS) is 20.6. The van der Waals surface area contributed by atoms with Crippen molar-refractivity contribution in [2.75, 3.05) is 25.5 Å². The molecule has 0 aromatic carbocycles. The first-order valence-corrected chi connectivity index (χ1v) is 18.8. The molecule has 1 amide bonds. The van der Waals surface area contributed by atoms with E-state index in [9.17, 15) is 38.0 Å². The number of anilines is 1. The Morgan fingerprint density at radius 1 is 1.09 bits per heavy atom. The zero-order valence-electron chi connectivity index (χ0n) is 24.7. The van der Waals surface area contributed by atoms with Gasteiger partial charge in [-0.05, 0) is 44.6 Å². The van der Waals surface area contributed by atoms with Crippen molar-refractivity contribution in [1.29, 1.82) is 0 Å². The van der Waals surface area contributed by atoms with Gasteiger partial charge in [0.25, 0.3) is 0 Å². The fourth-order valence-corrected chi connectivity index (χ4v) is 7.93. The molecule has 3 rings (SSSR count). The molecule has 46 heavy (non-hydrogen) atoms. The Balaban J connectivity index is 1.28. The third-order valence-corrected chi connectivity index (χ3v) is 10.7. The molecule has 21 nitrogen and oxygen atoms in total. The molecule has 0 bridgehead atoms. The maximum atomic E-state index is 12.2. The van der Waals surface area contributed by atoms with Gasteiger partial charge >= 0.3 is 29.1 Å². The molecule has 1 fully saturated rings. The highest BCUT2D eigenvalue weighted by atomic mass is 31.3. The summed E-state index contributed by atoms with van der Waals surface area (Å²) < 4.78 is 63.5. The summed E-state index contributed by atoms with van der Waals surface area (Å²) in [5.41, 5.74) is 10.5. The number of amides is 1. The highest BCUT2D eigenvalue weighted by molar-refractivity contribution is 7.67. The summed E-state index contributed by atoms with van der Waals surface area (Å²) in [6.07, 6.45) is 5.65. The number of ether oxygens (including phenoxy) is 2. The predicted octanol–water partition coefficient (Wildman–Crippen LogP) is 1.08. The summed E-state index contributed by atoms with van der Waals surface area (Å²) in [6, 6.07) is 1.39. The minimum atomic E-state index is -5.56. The second-order valence-corrected chi connectivity index (χ2v) is 15.0. The van der Waals surface area contributed by atoms with Crippen LogP contribution in [0, 0.1) is 0 Å². The van der Waals surface area contributed by atoms with Gasteiger partial charge in [-0.25, -0.2) is 23.6 Å². The quantitative estimate of drug-likeness (QED) is 0.0733. The van der Waals surface area contributed by atoms with Crippen molar-refractivity contribution in [3.63, 3.8) is 0 Å². The molecular weight excluding hydrogens is 677 g/mol. The standard InChI is InChI=1S/C22H39N8O13P3/c23-19-9-12-30(22(32)26-19)21-8-7-18(41-21)16-40-45(35,36)43-46(37,38)42-44(33,34)25-10-3-5-13-39-15-17-14-29(28-27-17)11-4-1-2-6-20(24)31/h9,12,14,18,21H,1-8,10-11,13,15-16H2,(H2,24,31)(H,35,36)(H,37,38)(H2,23,26,32)(H2,25,33,34)/t18-,21+/m0/s1. The van der Waals surface area contributed by atoms with E-state index in [1.54, 1.807) is 10.9 Å². The molecule has 3 heterocycles. The van der Waals surface area contributed by atoms with Gasteiger partial charge in [0.15, 0.2) is 0 Å². The second kappa shape index (κ2) is 17.7. The monoisotopic (exact) mass is 716 g/mol. The lowest BCUT2D eigenvalue weighted by Gasteiger charge is -2.20. The van der Waals surface area contributed by atoms with Crippen molar-refractivity contribution in [2.24, 2.45) is 5.73 Å². The molecule has 3 unspecified atom stereocenters. The number of carbonyl (C=O) groups excluding carboxylic acids is 1. The van der Waals surface area contributed by atoms with E-state index in [4.69, 9.17) is 25.5 Å². The molecule has 2 aromatic heterocycles. The lowest BCUT2D eigenvalue weighted by molar-refractivity contribution is -0.118. The van der Waals surface area contributed by atoms with Gasteiger partial charge in [-0.2, -0.15) is 13.6 Å². The molecule has 0 aliphatic carbocycles. The number of hydrogen-bond donors (Lipinski definition) is 6. The number of nitrogens with one attached hydrogen (secondary N) is 1. The minimum absolute atomic E-state index is 0.0270. The van der Waals surface area contributed by atoms with Crippen LogP contribution in [0.2, 0.25) is 0 Å². The Hall–Kier alpha value is -2.38. The average Bonchev–Trinajstić information content (AvgIpc) is 3.59. The number of aromatic nitrogens is 5. The van der Waals surface area contributed by atoms with Gasteiger partial charge in [0.1, 0.15) is 17.7 Å². The van der Waals surface area contributed by atoms with Crippen LogP contribution in [0.15, 0.2) is 23.3 Å². The zero-order chi connectivity index (χ0) is 33.8. The number of rotatable bonds is 22. The van der Waals surface area contributed by atoms with Crippen LogP contribution < -0.4 is 22.2 Å². The van der Waals surface area contributed by atoms with Crippen molar-refractivity contribution in [3.8, 4) is 0 Å². The van der Waals surface area contributed by atoms with Crippen LogP contribution in [-0.2, 0) is 54.3 Å². The molecule has 5 atom stereocenters. The summed E-state index contributed by atoms with van der Waals surface area (Å²) in [4.78, 5) is 55.8. The Morgan fingerprint density at radius 2 is 1.87 bits per heavy atom. The average molecular weight is 717 g/mol. The SMILES string of the molecule is NC(=O)CCCCCn1cc(COCCCCNP(=O)(O)OP(=O)(O)OP(=O)(O)OC[C@@H]2CC[C@H](n3ccc(N)nc3=O)O2)nn1. The summed E-state index contributed by atoms with van der Waals surface area (Å²) in [5.74, 6) is -0.297. The molecule has 8 N–H and O–H groups in total. The molecular formula is C22H39N8O13P3. The molecule has 0 radical (unpaired) electrons. The number of carbonyl (C=O) groups is 1. The molecule has 0 saturated carbocycles. The predicted molar refractivity (Wildman–Crippen MR) is 158 cm³/mol. The van der Waals surface area contributed by atoms with Gasteiger partial charge in [0.2, 0.25) is 5.91 Å². The fraction of sp³-hybridized carbons (Fsp3) is 0.682. The van der Waals surface area contributed by atoms with E-state index >= 15 is 0 Å². The van der Waals surface area contributed by atoms with Crippen molar-refractivity contribution in [2.45, 2.75) is 76.9 Å². The van der Waals surface area contributed by atoms with Gasteiger partial charge in [-0.1, -0.05) is 11.6 Å². The van der Waals surface area contributed by atoms with E-state index in [2.05, 4.69) is 23.9 Å². The highest BCUT2D eigenvalue weighted by Crippen LogP contribution is 2.66. The summed E-state index contributed by atoms with van der Waals surface area (Å²) in [6.45, 7) is 0.391. The summed E-state index contributed by atoms with van der Waals surface area (Å²) >= 11 is 0. The van der Waals surface area contributed by atoms with Crippen molar-refractivity contribution < 1.29 is 55.8 Å². The first kappa shape index (κ1) is 38.1. The van der Waals surface area contributed by atoms with Gasteiger partial charge in [0.05, 0.1) is 25.5 Å². The smallest absolute Gasteiger partial charge is 0.383 e. The number of phosphoric ester groups is 1. The molecule has 2 aromatic rings. The van der Waals surface area contributed by atoms with E-state index < -0.39 is 48.0 Å². The van der Waals surface area contributed by atoms with Crippen LogP contribution in [0.3, 0.4) is 0 Å². The summed E-state index contributed by atoms with van der Waals surface area (Å²) in [5, 5.41) is 10.1. The van der Waals surface area contributed by atoms with E-state index in [1.165, 1.54) is 16.8 Å². The maximum absolute atomic E-state index is 12.2. The Bertz CT molecular complexity index is 1490. The van der Waals surface area contributed by atoms with Crippen molar-refractivity contribution >= 4 is 35.1 Å². The number of hydrogen-bond acceptors (Lipinski definition) is 14. The van der Waals surface area contributed by atoms with Crippen LogP contribution in [-0.4, -0.2) is 71.0 Å². The molecule has 24 heteroatoms. The van der Waals surface area contributed by atoms with Gasteiger partial charge in [0, 0.05) is 32.3 Å². The Morgan fingerprint density at radius 3 is 2.61 bits per heavy atom. The van der Waals surface area contributed by atoms with E-state index in [1.807, 2.05) is 5.09 Å². The van der Waals surface area contributed by atoms with Crippen LogP contribution in [0.1, 0.15) is 63.3 Å². The highest BCUT2D eigenvalue weighted by Gasteiger charge is 2.42. The van der Waals surface area contributed by atoms with E-state index in [-0.39, 0.29) is 31.5 Å². The third kappa shape index (κ3) is 14.2. The lowest BCUT2D eigenvalue weighted by atomic mass is 10.2. The van der Waals surface area contributed by atoms with Gasteiger partial charge in [-0.3, -0.25) is 18.6 Å². The molecule has 0 spiro atoms. The number of unbranched alkanes of at least 4 members (excludes halogenated alkanes) is 3. The van der Waals surface area contributed by atoms with Crippen LogP contribution in [0.5, 0.6) is 0 Å². The van der Waals surface area contributed by atoms with Gasteiger partial charge in [-0.15, -0.1) is 5.10 Å². The zero-order valence-corrected chi connectivity index (χ0v) is 27.4. The summed E-state index contributed by atoms with van der Waals surface area (Å²) in [7, 11) is -15.8. The molecule has 260 valence electrons. The van der Waals surface area contributed by atoms with E-state index in [0.717, 1.165) is 19.3 Å². The number of primary amides is 1. The first-order chi connectivity index (χ1) is 21.6. The third-order valence-electron chi connectivity index (χ3n) is 6.26. The first-order valence-electron chi connectivity index (χ1n) is 14.2. The fourth-order valence-electron chi connectivity index (χ4n) is 4.16. The van der Waals surface area contributed by atoms with Crippen LogP contribution >= 0.6 is 23.4 Å². The van der Waals surface area contributed by atoms with Crippen molar-refractivity contribution in [3.05, 3.63) is 34.6 Å². The Kier molecular flexibility index (Phi) is 14.6. The van der Waals surface area contributed by atoms with Crippen molar-refractivity contribution in [1.82, 2.24) is 29.6 Å². The minimum Gasteiger partial charge on any atom is -0.383 e. The maximum Gasteiger partial charge on any atom is 0.489 e. The Labute approximate surface area is 263 Å². The van der Waals surface area contributed by atoms with Gasteiger partial charge < -0.3 is 35.6 Å². The number of nitrogen functional groups attached to an aromatic ring is 1. The number of aryl methyl sites for hydroxylation is 1. The van der Waals surface area contributed by atoms with E-state index in [0.29, 0.717) is 44.3 Å². The topological polar surface area (TPSA) is 305 Å². The second-order valence-electron chi connectivity index (χ2n) is 10.2. The molecule has 1 saturated heterocycles. The molecule has 1 aliphatic heterocycles. The molecule has 1 aliphatic rings. The number of nitrogens with two attached hydrogens (primary N) is 2.